The van der Waals surface area contributed by atoms with E-state index in [4.69, 9.17) is 11.6 Å². The third-order valence-corrected chi connectivity index (χ3v) is 3.31. The summed E-state index contributed by atoms with van der Waals surface area (Å²) in [6.45, 7) is 0. The molecule has 0 saturated carbocycles. The Bertz CT molecular complexity index is 618. The van der Waals surface area contributed by atoms with Crippen molar-refractivity contribution in [3.8, 4) is 0 Å². The first-order valence-corrected chi connectivity index (χ1v) is 5.34. The Morgan fingerprint density at radius 1 is 1.21 bits per heavy atom. The summed E-state index contributed by atoms with van der Waals surface area (Å²) < 4.78 is 1.20. The monoisotopic (exact) mass is 220 g/mol. The van der Waals surface area contributed by atoms with Crippen molar-refractivity contribution in [3.63, 3.8) is 0 Å². The molecule has 2 heterocycles. The molecule has 4 heteroatoms. The largest absolute Gasteiger partial charge is 0.240 e. The molecule has 0 amide bonds. The lowest BCUT2D eigenvalue weighted by atomic mass is 10.2. The molecule has 2 nitrogen and oxygen atoms in total. The highest BCUT2D eigenvalue weighted by Crippen LogP contribution is 2.31. The Balaban J connectivity index is 2.58. The highest BCUT2D eigenvalue weighted by atomic mass is 35.5. The van der Waals surface area contributed by atoms with E-state index in [-0.39, 0.29) is 0 Å². The van der Waals surface area contributed by atoms with Crippen LogP contribution in [0.1, 0.15) is 0 Å². The molecular formula is C10H5ClN2S. The lowest BCUT2D eigenvalue weighted by molar-refractivity contribution is 1.32. The average molecular weight is 221 g/mol. The summed E-state index contributed by atoms with van der Waals surface area (Å²) in [6.07, 6.45) is 1.58. The van der Waals surface area contributed by atoms with Gasteiger partial charge in [-0.1, -0.05) is 29.8 Å². The average Bonchev–Trinajstić information content (AvgIpc) is 2.56. The van der Waals surface area contributed by atoms with Gasteiger partial charge in [-0.05, 0) is 6.07 Å². The van der Waals surface area contributed by atoms with Gasteiger partial charge in [-0.15, -0.1) is 11.3 Å². The van der Waals surface area contributed by atoms with Gasteiger partial charge in [0.1, 0.15) is 15.5 Å². The third kappa shape index (κ3) is 1.10. The summed E-state index contributed by atoms with van der Waals surface area (Å²) in [7, 11) is 0. The molecule has 0 spiro atoms. The molecule has 0 unspecified atom stereocenters. The standard InChI is InChI=1S/C10H5ClN2S/c11-8-5-12-10-9(13-8)6-3-1-2-4-7(6)14-10/h1-5H. The lowest BCUT2D eigenvalue weighted by Crippen LogP contribution is -1.78. The van der Waals surface area contributed by atoms with Crippen LogP contribution in [0.2, 0.25) is 5.15 Å². The molecule has 0 aliphatic heterocycles. The van der Waals surface area contributed by atoms with E-state index in [9.17, 15) is 0 Å². The molecule has 3 rings (SSSR count). The van der Waals surface area contributed by atoms with Crippen LogP contribution in [0.3, 0.4) is 0 Å². The first-order chi connectivity index (χ1) is 6.84. The topological polar surface area (TPSA) is 25.8 Å². The zero-order valence-corrected chi connectivity index (χ0v) is 8.64. The molecule has 14 heavy (non-hydrogen) atoms. The lowest BCUT2D eigenvalue weighted by Gasteiger charge is -1.89. The minimum atomic E-state index is 0.445. The second kappa shape index (κ2) is 2.90. The van der Waals surface area contributed by atoms with E-state index in [1.54, 1.807) is 17.5 Å². The van der Waals surface area contributed by atoms with Gasteiger partial charge in [0.15, 0.2) is 0 Å². The first kappa shape index (κ1) is 8.15. The van der Waals surface area contributed by atoms with Gasteiger partial charge < -0.3 is 0 Å². The fraction of sp³-hybridized carbons (Fsp3) is 0. The minimum absolute atomic E-state index is 0.445. The van der Waals surface area contributed by atoms with Crippen LogP contribution in [0.4, 0.5) is 0 Å². The summed E-state index contributed by atoms with van der Waals surface area (Å²) >= 11 is 7.45. The molecule has 0 fully saturated rings. The predicted octanol–water partition coefficient (Wildman–Crippen LogP) is 3.50. The summed E-state index contributed by atoms with van der Waals surface area (Å²) in [5, 5.41) is 1.57. The molecule has 0 aliphatic carbocycles. The van der Waals surface area contributed by atoms with Crippen LogP contribution in [-0.4, -0.2) is 9.97 Å². The molecule has 3 aromatic rings. The van der Waals surface area contributed by atoms with Gasteiger partial charge in [0.2, 0.25) is 0 Å². The zero-order chi connectivity index (χ0) is 9.54. The second-order valence-corrected chi connectivity index (χ2v) is 4.36. The number of rotatable bonds is 0. The van der Waals surface area contributed by atoms with E-state index >= 15 is 0 Å². The number of thiophene rings is 1. The Kier molecular flexibility index (Phi) is 1.69. The number of hydrogen-bond donors (Lipinski definition) is 0. The summed E-state index contributed by atoms with van der Waals surface area (Å²) in [4.78, 5) is 9.46. The van der Waals surface area contributed by atoms with Crippen LogP contribution in [0, 0.1) is 0 Å². The van der Waals surface area contributed by atoms with Gasteiger partial charge in [0.05, 0.1) is 6.20 Å². The first-order valence-electron chi connectivity index (χ1n) is 4.14. The number of benzene rings is 1. The minimum Gasteiger partial charge on any atom is -0.240 e. The van der Waals surface area contributed by atoms with Gasteiger partial charge in [-0.25, -0.2) is 9.97 Å². The van der Waals surface area contributed by atoms with E-state index < -0.39 is 0 Å². The highest BCUT2D eigenvalue weighted by Gasteiger charge is 2.06. The van der Waals surface area contributed by atoms with Crippen LogP contribution in [0.15, 0.2) is 30.5 Å². The van der Waals surface area contributed by atoms with Gasteiger partial charge >= 0.3 is 0 Å². The summed E-state index contributed by atoms with van der Waals surface area (Å²) in [5.74, 6) is 0. The third-order valence-electron chi connectivity index (χ3n) is 2.06. The summed E-state index contributed by atoms with van der Waals surface area (Å²) in [6, 6.07) is 8.12. The maximum Gasteiger partial charge on any atom is 0.148 e. The molecule has 0 saturated heterocycles. The fourth-order valence-corrected chi connectivity index (χ4v) is 2.58. The quantitative estimate of drug-likeness (QED) is 0.580. The smallest absolute Gasteiger partial charge is 0.148 e. The second-order valence-electron chi connectivity index (χ2n) is 2.94. The normalized spacial score (nSPS) is 11.2. The Morgan fingerprint density at radius 2 is 2.07 bits per heavy atom. The van der Waals surface area contributed by atoms with E-state index in [0.29, 0.717) is 5.15 Å². The number of aromatic nitrogens is 2. The van der Waals surface area contributed by atoms with Crippen molar-refractivity contribution in [2.75, 3.05) is 0 Å². The van der Waals surface area contributed by atoms with Gasteiger partial charge in [0.25, 0.3) is 0 Å². The maximum absolute atomic E-state index is 5.81. The van der Waals surface area contributed by atoms with Crippen LogP contribution in [0.25, 0.3) is 20.4 Å². The summed E-state index contributed by atoms with van der Waals surface area (Å²) in [5.41, 5.74) is 0.901. The molecule has 2 aromatic heterocycles. The van der Waals surface area contributed by atoms with Gasteiger partial charge in [-0.2, -0.15) is 0 Å². The number of halogens is 1. The predicted molar refractivity (Wildman–Crippen MR) is 59.9 cm³/mol. The Morgan fingerprint density at radius 3 is 3.00 bits per heavy atom. The molecule has 1 aromatic carbocycles. The fourth-order valence-electron chi connectivity index (χ4n) is 1.46. The zero-order valence-electron chi connectivity index (χ0n) is 7.07. The van der Waals surface area contributed by atoms with E-state index in [0.717, 1.165) is 15.7 Å². The van der Waals surface area contributed by atoms with E-state index in [2.05, 4.69) is 16.0 Å². The van der Waals surface area contributed by atoms with Crippen LogP contribution < -0.4 is 0 Å². The van der Waals surface area contributed by atoms with Gasteiger partial charge in [0, 0.05) is 10.1 Å². The van der Waals surface area contributed by atoms with Crippen molar-refractivity contribution in [2.24, 2.45) is 0 Å². The molecule has 0 radical (unpaired) electrons. The van der Waals surface area contributed by atoms with Crippen molar-refractivity contribution in [1.82, 2.24) is 9.97 Å². The molecule has 0 aliphatic rings. The maximum atomic E-state index is 5.81. The van der Waals surface area contributed by atoms with Crippen LogP contribution in [-0.2, 0) is 0 Å². The molecule has 68 valence electrons. The van der Waals surface area contributed by atoms with Crippen molar-refractivity contribution in [2.45, 2.75) is 0 Å². The van der Waals surface area contributed by atoms with Crippen LogP contribution >= 0.6 is 22.9 Å². The van der Waals surface area contributed by atoms with E-state index in [1.807, 2.05) is 18.2 Å². The molecule has 0 N–H and O–H groups in total. The van der Waals surface area contributed by atoms with Gasteiger partial charge in [-0.3, -0.25) is 0 Å². The Hall–Kier alpha value is -1.19. The van der Waals surface area contributed by atoms with Crippen LogP contribution in [0.5, 0.6) is 0 Å². The molecule has 0 atom stereocenters. The van der Waals surface area contributed by atoms with Crippen molar-refractivity contribution < 1.29 is 0 Å². The number of fused-ring (bicyclic) bond motifs is 3. The van der Waals surface area contributed by atoms with Crippen molar-refractivity contribution >= 4 is 43.4 Å². The molecule has 0 bridgehead atoms. The SMILES string of the molecule is Clc1cnc2sc3ccccc3c2n1. The number of hydrogen-bond acceptors (Lipinski definition) is 3. The van der Waals surface area contributed by atoms with E-state index in [1.165, 1.54) is 4.70 Å². The van der Waals surface area contributed by atoms with Crippen molar-refractivity contribution in [3.05, 3.63) is 35.6 Å². The number of nitrogens with zero attached hydrogens (tertiary/aromatic N) is 2. The molecular weight excluding hydrogens is 216 g/mol. The highest BCUT2D eigenvalue weighted by molar-refractivity contribution is 7.25. The Labute approximate surface area is 89.2 Å². The van der Waals surface area contributed by atoms with Crippen molar-refractivity contribution in [1.29, 1.82) is 0 Å².